The molecule has 1 aromatic rings. The van der Waals surface area contributed by atoms with E-state index >= 15 is 0 Å². The van der Waals surface area contributed by atoms with Crippen LogP contribution in [-0.4, -0.2) is 21.5 Å². The number of rotatable bonds is 6. The molecule has 1 rings (SSSR count). The highest BCUT2D eigenvalue weighted by Crippen LogP contribution is 2.18. The third-order valence-electron chi connectivity index (χ3n) is 2.56. The third kappa shape index (κ3) is 5.90. The van der Waals surface area contributed by atoms with Gasteiger partial charge in [0, 0.05) is 11.7 Å². The Morgan fingerprint density at radius 2 is 1.79 bits per heavy atom. The summed E-state index contributed by atoms with van der Waals surface area (Å²) in [7, 11) is -0.0000392. The van der Waals surface area contributed by atoms with Crippen molar-refractivity contribution in [1.82, 2.24) is 0 Å². The van der Waals surface area contributed by atoms with Crippen LogP contribution in [0.2, 0.25) is 13.1 Å². The van der Waals surface area contributed by atoms with Crippen molar-refractivity contribution >= 4 is 14.4 Å². The van der Waals surface area contributed by atoms with E-state index < -0.39 is 8.32 Å². The van der Waals surface area contributed by atoms with Gasteiger partial charge in [0.15, 0.2) is 0 Å². The number of allylic oxidation sites excluding steroid dienone is 2. The molecule has 1 aromatic carbocycles. The van der Waals surface area contributed by atoms with Crippen LogP contribution in [0.3, 0.4) is 0 Å². The summed E-state index contributed by atoms with van der Waals surface area (Å²) in [5, 5.41) is 0. The molecule has 2 nitrogen and oxygen atoms in total. The Kier molecular flexibility index (Phi) is 6.05. The van der Waals surface area contributed by atoms with Gasteiger partial charge in [0.25, 0.3) is 0 Å². The molecule has 0 aliphatic carbocycles. The lowest BCUT2D eigenvalue weighted by molar-refractivity contribution is 0.238. The van der Waals surface area contributed by atoms with Gasteiger partial charge >= 0.3 is 0 Å². The van der Waals surface area contributed by atoms with Crippen LogP contribution in [0.25, 0.3) is 6.08 Å². The largest absolute Gasteiger partial charge is 0.496 e. The zero-order valence-electron chi connectivity index (χ0n) is 12.5. The summed E-state index contributed by atoms with van der Waals surface area (Å²) in [6.45, 7) is 8.54. The Morgan fingerprint density at radius 3 is 2.42 bits per heavy atom. The standard InChI is InChI=1S/C16H24O2Si/c1-14(2)18-19(4,5)13-9-8-11-15-10-6-7-12-16(15)17-3/h6-14H,1-5H3/b11-8+,13-9+. The van der Waals surface area contributed by atoms with Crippen LogP contribution in [0.15, 0.2) is 42.1 Å². The molecule has 0 atom stereocenters. The van der Waals surface area contributed by atoms with Crippen molar-refractivity contribution in [3.05, 3.63) is 47.7 Å². The van der Waals surface area contributed by atoms with Crippen molar-refractivity contribution in [3.63, 3.8) is 0 Å². The van der Waals surface area contributed by atoms with Gasteiger partial charge in [0.05, 0.1) is 7.11 Å². The molecule has 19 heavy (non-hydrogen) atoms. The molecule has 0 spiro atoms. The molecule has 0 N–H and O–H groups in total. The first-order chi connectivity index (χ1) is 8.94. The number of benzene rings is 1. The molecule has 104 valence electrons. The van der Waals surface area contributed by atoms with Gasteiger partial charge in [0.2, 0.25) is 8.32 Å². The van der Waals surface area contributed by atoms with E-state index in [9.17, 15) is 0 Å². The highest BCUT2D eigenvalue weighted by molar-refractivity contribution is 6.76. The van der Waals surface area contributed by atoms with E-state index in [1.54, 1.807) is 7.11 Å². The van der Waals surface area contributed by atoms with E-state index in [1.165, 1.54) is 0 Å². The van der Waals surface area contributed by atoms with Crippen LogP contribution < -0.4 is 4.74 Å². The summed E-state index contributed by atoms with van der Waals surface area (Å²) >= 11 is 0. The first kappa shape index (κ1) is 15.7. The summed E-state index contributed by atoms with van der Waals surface area (Å²) in [4.78, 5) is 0. The Morgan fingerprint density at radius 1 is 1.11 bits per heavy atom. The lowest BCUT2D eigenvalue weighted by Crippen LogP contribution is -2.31. The second kappa shape index (κ2) is 7.31. The van der Waals surface area contributed by atoms with Gasteiger partial charge in [-0.15, -0.1) is 0 Å². The molecule has 0 saturated heterocycles. The smallest absolute Gasteiger partial charge is 0.211 e. The van der Waals surface area contributed by atoms with Gasteiger partial charge < -0.3 is 9.16 Å². The van der Waals surface area contributed by atoms with E-state index in [0.29, 0.717) is 0 Å². The van der Waals surface area contributed by atoms with Crippen molar-refractivity contribution in [2.45, 2.75) is 33.0 Å². The zero-order valence-corrected chi connectivity index (χ0v) is 13.5. The van der Waals surface area contributed by atoms with Crippen LogP contribution in [0.4, 0.5) is 0 Å². The fraction of sp³-hybridized carbons (Fsp3) is 0.375. The Hall–Kier alpha value is -1.32. The fourth-order valence-electron chi connectivity index (χ4n) is 1.90. The van der Waals surface area contributed by atoms with E-state index in [0.717, 1.165) is 11.3 Å². The Bertz CT molecular complexity index is 448. The van der Waals surface area contributed by atoms with Crippen molar-refractivity contribution in [3.8, 4) is 5.75 Å². The van der Waals surface area contributed by atoms with E-state index in [2.05, 4.69) is 44.8 Å². The molecule has 0 fully saturated rings. The monoisotopic (exact) mass is 276 g/mol. The molecule has 0 saturated carbocycles. The van der Waals surface area contributed by atoms with Crippen LogP contribution in [0.5, 0.6) is 5.75 Å². The normalized spacial score (nSPS) is 12.7. The lowest BCUT2D eigenvalue weighted by atomic mass is 10.2. The fourth-order valence-corrected chi connectivity index (χ4v) is 3.77. The van der Waals surface area contributed by atoms with Crippen LogP contribution in [0, 0.1) is 0 Å². The van der Waals surface area contributed by atoms with Crippen molar-refractivity contribution in [1.29, 1.82) is 0 Å². The maximum atomic E-state index is 5.93. The second-order valence-corrected chi connectivity index (χ2v) is 9.01. The molecule has 0 amide bonds. The van der Waals surface area contributed by atoms with Crippen LogP contribution in [0.1, 0.15) is 19.4 Å². The third-order valence-corrected chi connectivity index (χ3v) is 4.64. The molecule has 0 aliphatic rings. The van der Waals surface area contributed by atoms with Gasteiger partial charge in [-0.3, -0.25) is 0 Å². The lowest BCUT2D eigenvalue weighted by Gasteiger charge is -2.21. The second-order valence-electron chi connectivity index (χ2n) is 5.23. The minimum absolute atomic E-state index is 0.282. The minimum atomic E-state index is -1.69. The van der Waals surface area contributed by atoms with Crippen LogP contribution in [-0.2, 0) is 4.43 Å². The van der Waals surface area contributed by atoms with E-state index in [1.807, 2.05) is 30.3 Å². The van der Waals surface area contributed by atoms with E-state index in [4.69, 9.17) is 9.16 Å². The number of hydrogen-bond acceptors (Lipinski definition) is 2. The molecule has 0 heterocycles. The molecule has 0 unspecified atom stereocenters. The first-order valence-electron chi connectivity index (χ1n) is 6.61. The molecular weight excluding hydrogens is 252 g/mol. The van der Waals surface area contributed by atoms with Gasteiger partial charge in [-0.1, -0.05) is 42.1 Å². The average Bonchev–Trinajstić information content (AvgIpc) is 2.33. The Labute approximate surface area is 117 Å². The van der Waals surface area contributed by atoms with Crippen molar-refractivity contribution in [2.24, 2.45) is 0 Å². The highest BCUT2D eigenvalue weighted by Gasteiger charge is 2.19. The number of ether oxygens (including phenoxy) is 1. The van der Waals surface area contributed by atoms with Crippen molar-refractivity contribution in [2.75, 3.05) is 7.11 Å². The zero-order chi connectivity index (χ0) is 14.3. The summed E-state index contributed by atoms with van der Waals surface area (Å²) in [6, 6.07) is 7.98. The van der Waals surface area contributed by atoms with Gasteiger partial charge in [-0.2, -0.15) is 0 Å². The minimum Gasteiger partial charge on any atom is -0.496 e. The maximum Gasteiger partial charge on any atom is 0.211 e. The quantitative estimate of drug-likeness (QED) is 0.565. The molecule has 0 aliphatic heterocycles. The van der Waals surface area contributed by atoms with Gasteiger partial charge in [-0.05, 0) is 33.0 Å². The summed E-state index contributed by atoms with van der Waals surface area (Å²) in [5.41, 5.74) is 3.28. The van der Waals surface area contributed by atoms with Gasteiger partial charge in [-0.25, -0.2) is 0 Å². The van der Waals surface area contributed by atoms with Crippen LogP contribution >= 0.6 is 0 Å². The summed E-state index contributed by atoms with van der Waals surface area (Å²) < 4.78 is 11.2. The van der Waals surface area contributed by atoms with Gasteiger partial charge in [0.1, 0.15) is 5.75 Å². The van der Waals surface area contributed by atoms with Crippen molar-refractivity contribution < 1.29 is 9.16 Å². The Balaban J connectivity index is 2.67. The highest BCUT2D eigenvalue weighted by atomic mass is 28.4. The predicted octanol–water partition coefficient (Wildman–Crippen LogP) is 4.43. The molecule has 0 aromatic heterocycles. The molecular formula is C16H24O2Si. The molecule has 0 bridgehead atoms. The molecule has 3 heteroatoms. The molecule has 0 radical (unpaired) electrons. The average molecular weight is 276 g/mol. The SMILES string of the molecule is COc1ccccc1/C=C/C=C/[Si](C)(C)OC(C)C. The topological polar surface area (TPSA) is 18.5 Å². The number of para-hydroxylation sites is 1. The summed E-state index contributed by atoms with van der Waals surface area (Å²) in [5.74, 6) is 0.891. The maximum absolute atomic E-state index is 5.93. The van der Waals surface area contributed by atoms with E-state index in [-0.39, 0.29) is 6.10 Å². The summed E-state index contributed by atoms with van der Waals surface area (Å²) in [6.07, 6.45) is 6.44. The first-order valence-corrected chi connectivity index (χ1v) is 9.60. The predicted molar refractivity (Wildman–Crippen MR) is 84.9 cm³/mol. The number of methoxy groups -OCH3 is 1. The number of hydrogen-bond donors (Lipinski definition) is 0.